The molecule has 1 aromatic rings. The Bertz CT molecular complexity index is 537. The summed E-state index contributed by atoms with van der Waals surface area (Å²) in [5, 5.41) is 3.75. The van der Waals surface area contributed by atoms with Crippen molar-refractivity contribution in [2.75, 3.05) is 6.61 Å². The lowest BCUT2D eigenvalue weighted by Gasteiger charge is -2.22. The minimum atomic E-state index is -0.592. The van der Waals surface area contributed by atoms with Crippen LogP contribution >= 0.6 is 11.3 Å². The topological polar surface area (TPSA) is 68.3 Å². The molecular weight excluding hydrogens is 276 g/mol. The smallest absolute Gasteiger partial charge is 0.329 e. The molecule has 1 aromatic heterocycles. The van der Waals surface area contributed by atoms with Crippen molar-refractivity contribution in [2.24, 2.45) is 5.41 Å². The highest BCUT2D eigenvalue weighted by molar-refractivity contribution is 7.13. The SMILES string of the molecule is CCCc1nc(C)c(C(=O)N[C@H]2C(=O)OCC2(C)C)s1. The number of carbonyl (C=O) groups is 2. The van der Waals surface area contributed by atoms with Crippen molar-refractivity contribution < 1.29 is 14.3 Å². The Morgan fingerprint density at radius 3 is 2.80 bits per heavy atom. The van der Waals surface area contributed by atoms with Crippen LogP contribution in [-0.4, -0.2) is 29.5 Å². The maximum atomic E-state index is 12.3. The third-order valence-corrected chi connectivity index (χ3v) is 4.61. The first kappa shape index (κ1) is 15.0. The van der Waals surface area contributed by atoms with Crippen LogP contribution in [0.15, 0.2) is 0 Å². The van der Waals surface area contributed by atoms with Crippen LogP contribution in [0.25, 0.3) is 0 Å². The molecule has 0 radical (unpaired) electrons. The zero-order valence-corrected chi connectivity index (χ0v) is 13.1. The maximum Gasteiger partial charge on any atom is 0.329 e. The molecule has 1 aliphatic heterocycles. The summed E-state index contributed by atoms with van der Waals surface area (Å²) in [5.41, 5.74) is 0.345. The molecule has 0 unspecified atom stereocenters. The number of carbonyl (C=O) groups excluding carboxylic acids is 2. The monoisotopic (exact) mass is 296 g/mol. The fraction of sp³-hybridized carbons (Fsp3) is 0.643. The Labute approximate surface area is 122 Å². The van der Waals surface area contributed by atoms with Crippen molar-refractivity contribution in [3.05, 3.63) is 15.6 Å². The summed E-state index contributed by atoms with van der Waals surface area (Å²) in [6.45, 7) is 8.05. The second-order valence-electron chi connectivity index (χ2n) is 5.77. The van der Waals surface area contributed by atoms with Gasteiger partial charge in [0.1, 0.15) is 10.9 Å². The van der Waals surface area contributed by atoms with Crippen LogP contribution < -0.4 is 5.32 Å². The minimum Gasteiger partial charge on any atom is -0.463 e. The first-order valence-corrected chi connectivity index (χ1v) is 7.60. The number of esters is 1. The van der Waals surface area contributed by atoms with Gasteiger partial charge >= 0.3 is 5.97 Å². The molecule has 0 aromatic carbocycles. The minimum absolute atomic E-state index is 0.237. The lowest BCUT2D eigenvalue weighted by atomic mass is 9.87. The van der Waals surface area contributed by atoms with E-state index in [9.17, 15) is 9.59 Å². The number of nitrogens with zero attached hydrogens (tertiary/aromatic N) is 1. The van der Waals surface area contributed by atoms with Crippen molar-refractivity contribution in [1.29, 1.82) is 0 Å². The van der Waals surface area contributed by atoms with Gasteiger partial charge in [-0.3, -0.25) is 4.79 Å². The molecule has 20 heavy (non-hydrogen) atoms. The van der Waals surface area contributed by atoms with Gasteiger partial charge in [-0.15, -0.1) is 11.3 Å². The number of amides is 1. The van der Waals surface area contributed by atoms with Gasteiger partial charge in [-0.05, 0) is 19.8 Å². The van der Waals surface area contributed by atoms with Gasteiger partial charge in [0, 0.05) is 5.41 Å². The largest absolute Gasteiger partial charge is 0.463 e. The quantitative estimate of drug-likeness (QED) is 0.864. The van der Waals surface area contributed by atoms with E-state index in [-0.39, 0.29) is 17.3 Å². The number of thiazole rings is 1. The number of nitrogens with one attached hydrogen (secondary N) is 1. The third-order valence-electron chi connectivity index (χ3n) is 3.39. The van der Waals surface area contributed by atoms with Gasteiger partial charge in [-0.1, -0.05) is 20.8 Å². The van der Waals surface area contributed by atoms with Crippen LogP contribution in [0.1, 0.15) is 47.6 Å². The molecule has 5 nitrogen and oxygen atoms in total. The number of aryl methyl sites for hydroxylation is 2. The van der Waals surface area contributed by atoms with E-state index >= 15 is 0 Å². The van der Waals surface area contributed by atoms with Crippen LogP contribution in [0, 0.1) is 12.3 Å². The van der Waals surface area contributed by atoms with Crippen molar-refractivity contribution in [3.63, 3.8) is 0 Å². The first-order valence-electron chi connectivity index (χ1n) is 6.79. The number of cyclic esters (lactones) is 1. The maximum absolute atomic E-state index is 12.3. The summed E-state index contributed by atoms with van der Waals surface area (Å²) in [6, 6.07) is -0.592. The normalized spacial score (nSPS) is 20.8. The van der Waals surface area contributed by atoms with Crippen LogP contribution in [0.5, 0.6) is 0 Å². The zero-order chi connectivity index (χ0) is 14.9. The van der Waals surface area contributed by atoms with Crippen molar-refractivity contribution in [3.8, 4) is 0 Å². The molecular formula is C14H20N2O3S. The van der Waals surface area contributed by atoms with Gasteiger partial charge in [0.2, 0.25) is 0 Å². The molecule has 110 valence electrons. The molecule has 6 heteroatoms. The number of rotatable bonds is 4. The Kier molecular flexibility index (Phi) is 4.13. The molecule has 0 spiro atoms. The summed E-state index contributed by atoms with van der Waals surface area (Å²) < 4.78 is 5.03. The molecule has 0 bridgehead atoms. The molecule has 1 atom stereocenters. The second kappa shape index (κ2) is 5.52. The number of hydrogen-bond donors (Lipinski definition) is 1. The third kappa shape index (κ3) is 2.85. The van der Waals surface area contributed by atoms with Crippen molar-refractivity contribution in [1.82, 2.24) is 10.3 Å². The Hall–Kier alpha value is -1.43. The predicted octanol–water partition coefficient (Wildman–Crippen LogP) is 2.09. The molecule has 1 aliphatic rings. The van der Waals surface area contributed by atoms with Gasteiger partial charge in [0.15, 0.2) is 0 Å². The Balaban J connectivity index is 2.14. The fourth-order valence-electron chi connectivity index (χ4n) is 2.18. The van der Waals surface area contributed by atoms with E-state index in [4.69, 9.17) is 4.74 Å². The highest BCUT2D eigenvalue weighted by Gasteiger charge is 2.44. The molecule has 1 fully saturated rings. The summed E-state index contributed by atoms with van der Waals surface area (Å²) >= 11 is 1.40. The zero-order valence-electron chi connectivity index (χ0n) is 12.3. The van der Waals surface area contributed by atoms with Crippen molar-refractivity contribution in [2.45, 2.75) is 46.6 Å². The number of hydrogen-bond acceptors (Lipinski definition) is 5. The Morgan fingerprint density at radius 2 is 2.25 bits per heavy atom. The van der Waals surface area contributed by atoms with Crippen LogP contribution in [0.3, 0.4) is 0 Å². The average Bonchev–Trinajstić information content (AvgIpc) is 2.84. The first-order chi connectivity index (χ1) is 9.35. The van der Waals surface area contributed by atoms with Gasteiger partial charge < -0.3 is 10.1 Å². The van der Waals surface area contributed by atoms with Crippen LogP contribution in [0.4, 0.5) is 0 Å². The molecule has 0 saturated carbocycles. The van der Waals surface area contributed by atoms with E-state index in [2.05, 4.69) is 17.2 Å². The molecule has 1 amide bonds. The highest BCUT2D eigenvalue weighted by atomic mass is 32.1. The van der Waals surface area contributed by atoms with Gasteiger partial charge in [-0.2, -0.15) is 0 Å². The lowest BCUT2D eigenvalue weighted by Crippen LogP contribution is -2.46. The van der Waals surface area contributed by atoms with Gasteiger partial charge in [-0.25, -0.2) is 9.78 Å². The van der Waals surface area contributed by atoms with E-state index in [0.29, 0.717) is 11.5 Å². The van der Waals surface area contributed by atoms with Crippen LogP contribution in [-0.2, 0) is 16.0 Å². The van der Waals surface area contributed by atoms with Crippen molar-refractivity contribution >= 4 is 23.2 Å². The number of ether oxygens (including phenoxy) is 1. The summed E-state index contributed by atoms with van der Waals surface area (Å²) in [6.07, 6.45) is 1.87. The van der Waals surface area contributed by atoms with E-state index in [1.54, 1.807) is 0 Å². The number of aromatic nitrogens is 1. The van der Waals surface area contributed by atoms with E-state index in [1.165, 1.54) is 11.3 Å². The fourth-order valence-corrected chi connectivity index (χ4v) is 3.25. The highest BCUT2D eigenvalue weighted by Crippen LogP contribution is 2.29. The molecule has 2 rings (SSSR count). The summed E-state index contributed by atoms with van der Waals surface area (Å²) in [7, 11) is 0. The summed E-state index contributed by atoms with van der Waals surface area (Å²) in [4.78, 5) is 29.0. The molecule has 1 N–H and O–H groups in total. The molecule has 2 heterocycles. The van der Waals surface area contributed by atoms with E-state index < -0.39 is 6.04 Å². The van der Waals surface area contributed by atoms with E-state index in [1.807, 2.05) is 20.8 Å². The Morgan fingerprint density at radius 1 is 1.55 bits per heavy atom. The lowest BCUT2D eigenvalue weighted by molar-refractivity contribution is -0.139. The standard InChI is InChI=1S/C14H20N2O3S/c1-5-6-9-15-8(2)10(20-9)12(17)16-11-13(18)19-7-14(11,3)4/h11H,5-7H2,1-4H3,(H,16,17)/t11-/m0/s1. The van der Waals surface area contributed by atoms with Crippen LogP contribution in [0.2, 0.25) is 0 Å². The average molecular weight is 296 g/mol. The molecule has 0 aliphatic carbocycles. The van der Waals surface area contributed by atoms with Gasteiger partial charge in [0.25, 0.3) is 5.91 Å². The molecule has 1 saturated heterocycles. The van der Waals surface area contributed by atoms with E-state index in [0.717, 1.165) is 23.5 Å². The second-order valence-corrected chi connectivity index (χ2v) is 6.86. The summed E-state index contributed by atoms with van der Waals surface area (Å²) in [5.74, 6) is -0.599. The predicted molar refractivity (Wildman–Crippen MR) is 76.8 cm³/mol. The van der Waals surface area contributed by atoms with Gasteiger partial charge in [0.05, 0.1) is 17.3 Å².